The number of para-hydroxylation sites is 1. The predicted molar refractivity (Wildman–Crippen MR) is 73.4 cm³/mol. The molecule has 0 aliphatic heterocycles. The summed E-state index contributed by atoms with van der Waals surface area (Å²) in [6.45, 7) is 4.15. The van der Waals surface area contributed by atoms with Gasteiger partial charge in [-0.1, -0.05) is 32.0 Å². The number of aryl methyl sites for hydroxylation is 1. The Balaban J connectivity index is 2.01. The van der Waals surface area contributed by atoms with Crippen LogP contribution in [0.4, 0.5) is 10.6 Å². The topological polar surface area (TPSA) is 56.1 Å². The Kier molecular flexibility index (Phi) is 3.85. The fourth-order valence-corrected chi connectivity index (χ4v) is 1.81. The van der Waals surface area contributed by atoms with E-state index in [0.717, 1.165) is 5.69 Å². The van der Waals surface area contributed by atoms with Crippen LogP contribution in [0.2, 0.25) is 0 Å². The molecule has 0 aliphatic rings. The summed E-state index contributed by atoms with van der Waals surface area (Å²) in [6.07, 6.45) is -0.542. The number of carbonyl (C=O) groups is 1. The number of hydrogen-bond acceptors (Lipinski definition) is 3. The van der Waals surface area contributed by atoms with Crippen LogP contribution < -0.4 is 10.1 Å². The number of nitrogens with one attached hydrogen (secondary N) is 1. The van der Waals surface area contributed by atoms with Crippen LogP contribution in [0.15, 0.2) is 36.4 Å². The fourth-order valence-electron chi connectivity index (χ4n) is 1.81. The molecular weight excluding hydrogens is 242 g/mol. The van der Waals surface area contributed by atoms with Crippen molar-refractivity contribution in [3.8, 4) is 5.75 Å². The lowest BCUT2D eigenvalue weighted by Crippen LogP contribution is -2.17. The highest BCUT2D eigenvalue weighted by molar-refractivity contribution is 5.85. The lowest BCUT2D eigenvalue weighted by Gasteiger charge is -2.03. The smallest absolute Gasteiger partial charge is 0.410 e. The van der Waals surface area contributed by atoms with Crippen LogP contribution in [0, 0.1) is 0 Å². The fraction of sp³-hybridized carbons (Fsp3) is 0.286. The number of rotatable bonds is 3. The van der Waals surface area contributed by atoms with E-state index in [0.29, 0.717) is 17.5 Å². The number of hydrogen-bond donors (Lipinski definition) is 1. The molecule has 2 aromatic rings. The molecule has 0 saturated heterocycles. The molecule has 0 bridgehead atoms. The summed E-state index contributed by atoms with van der Waals surface area (Å²) >= 11 is 0. The Hall–Kier alpha value is -2.30. The summed E-state index contributed by atoms with van der Waals surface area (Å²) < 4.78 is 6.88. The first-order valence-corrected chi connectivity index (χ1v) is 6.14. The van der Waals surface area contributed by atoms with Crippen LogP contribution in [-0.4, -0.2) is 15.9 Å². The van der Waals surface area contributed by atoms with Crippen molar-refractivity contribution in [1.29, 1.82) is 0 Å². The maximum atomic E-state index is 11.7. The molecule has 2 rings (SSSR count). The zero-order valence-electron chi connectivity index (χ0n) is 11.3. The average molecular weight is 259 g/mol. The largest absolute Gasteiger partial charge is 0.418 e. The van der Waals surface area contributed by atoms with Gasteiger partial charge in [0.2, 0.25) is 0 Å². The minimum Gasteiger partial charge on any atom is -0.410 e. The second-order valence-corrected chi connectivity index (χ2v) is 4.56. The summed E-state index contributed by atoms with van der Waals surface area (Å²) in [4.78, 5) is 11.7. The van der Waals surface area contributed by atoms with Crippen LogP contribution in [0.25, 0.3) is 0 Å². The molecule has 19 heavy (non-hydrogen) atoms. The van der Waals surface area contributed by atoms with Gasteiger partial charge in [-0.25, -0.2) is 4.79 Å². The third-order valence-corrected chi connectivity index (χ3v) is 2.69. The van der Waals surface area contributed by atoms with E-state index < -0.39 is 6.09 Å². The summed E-state index contributed by atoms with van der Waals surface area (Å²) in [5, 5.41) is 6.83. The lowest BCUT2D eigenvalue weighted by molar-refractivity contribution is 0.215. The quantitative estimate of drug-likeness (QED) is 0.921. The van der Waals surface area contributed by atoms with Gasteiger partial charge in [-0.15, -0.1) is 0 Å². The molecular formula is C14H17N3O2. The SMILES string of the molecule is CC(C)c1cc(NC(=O)Oc2ccccc2)nn1C. The van der Waals surface area contributed by atoms with E-state index >= 15 is 0 Å². The summed E-state index contributed by atoms with van der Waals surface area (Å²) in [5.74, 6) is 1.34. The van der Waals surface area contributed by atoms with Crippen molar-refractivity contribution >= 4 is 11.9 Å². The Morgan fingerprint density at radius 2 is 2.00 bits per heavy atom. The third kappa shape index (κ3) is 3.34. The Bertz CT molecular complexity index is 561. The molecule has 1 N–H and O–H groups in total. The third-order valence-electron chi connectivity index (χ3n) is 2.69. The van der Waals surface area contributed by atoms with Crippen LogP contribution in [0.3, 0.4) is 0 Å². The number of amides is 1. The number of aromatic nitrogens is 2. The zero-order chi connectivity index (χ0) is 13.8. The lowest BCUT2D eigenvalue weighted by atomic mass is 10.1. The number of ether oxygens (including phenoxy) is 1. The van der Waals surface area contributed by atoms with Gasteiger partial charge in [0.05, 0.1) is 0 Å². The standard InChI is InChI=1S/C14H17N3O2/c1-10(2)12-9-13(16-17(12)3)15-14(18)19-11-7-5-4-6-8-11/h4-10H,1-3H3,(H,15,16,18). The minimum atomic E-state index is -0.542. The number of benzene rings is 1. The molecule has 1 aromatic heterocycles. The first kappa shape index (κ1) is 13.1. The molecule has 0 unspecified atom stereocenters. The maximum absolute atomic E-state index is 11.7. The first-order valence-electron chi connectivity index (χ1n) is 6.14. The van der Waals surface area contributed by atoms with Gasteiger partial charge in [-0.2, -0.15) is 5.10 Å². The zero-order valence-corrected chi connectivity index (χ0v) is 11.3. The number of carbonyl (C=O) groups excluding carboxylic acids is 1. The van der Waals surface area contributed by atoms with E-state index in [1.54, 1.807) is 28.9 Å². The van der Waals surface area contributed by atoms with Crippen molar-refractivity contribution in [3.63, 3.8) is 0 Å². The molecule has 100 valence electrons. The van der Waals surface area contributed by atoms with Crippen molar-refractivity contribution in [2.24, 2.45) is 7.05 Å². The van der Waals surface area contributed by atoms with E-state index in [9.17, 15) is 4.79 Å². The van der Waals surface area contributed by atoms with E-state index in [2.05, 4.69) is 24.3 Å². The Morgan fingerprint density at radius 1 is 1.32 bits per heavy atom. The van der Waals surface area contributed by atoms with Gasteiger partial charge in [0, 0.05) is 18.8 Å². The van der Waals surface area contributed by atoms with Crippen LogP contribution >= 0.6 is 0 Å². The van der Waals surface area contributed by atoms with Crippen molar-refractivity contribution in [2.45, 2.75) is 19.8 Å². The molecule has 5 nitrogen and oxygen atoms in total. The second kappa shape index (κ2) is 5.56. The molecule has 0 atom stereocenters. The minimum absolute atomic E-state index is 0.346. The van der Waals surface area contributed by atoms with Gasteiger partial charge in [-0.05, 0) is 18.1 Å². The van der Waals surface area contributed by atoms with E-state index in [-0.39, 0.29) is 0 Å². The summed E-state index contributed by atoms with van der Waals surface area (Å²) in [7, 11) is 1.85. The van der Waals surface area contributed by atoms with Gasteiger partial charge in [0.25, 0.3) is 0 Å². The first-order chi connectivity index (χ1) is 9.06. The summed E-state index contributed by atoms with van der Waals surface area (Å²) in [6, 6.07) is 10.8. The Morgan fingerprint density at radius 3 is 2.58 bits per heavy atom. The highest BCUT2D eigenvalue weighted by atomic mass is 16.6. The monoisotopic (exact) mass is 259 g/mol. The molecule has 0 saturated carbocycles. The van der Waals surface area contributed by atoms with E-state index in [4.69, 9.17) is 4.74 Å². The van der Waals surface area contributed by atoms with Gasteiger partial charge in [0.15, 0.2) is 5.82 Å². The van der Waals surface area contributed by atoms with Crippen molar-refractivity contribution in [3.05, 3.63) is 42.1 Å². The average Bonchev–Trinajstić information content (AvgIpc) is 2.71. The van der Waals surface area contributed by atoms with Gasteiger partial charge in [-0.3, -0.25) is 10.00 Å². The highest BCUT2D eigenvalue weighted by Crippen LogP contribution is 2.18. The normalized spacial score (nSPS) is 10.5. The molecule has 0 aliphatic carbocycles. The summed E-state index contributed by atoms with van der Waals surface area (Å²) in [5.41, 5.74) is 1.05. The van der Waals surface area contributed by atoms with Crippen LogP contribution in [0.1, 0.15) is 25.5 Å². The van der Waals surface area contributed by atoms with Crippen LogP contribution in [-0.2, 0) is 7.05 Å². The maximum Gasteiger partial charge on any atom is 0.418 e. The molecule has 1 amide bonds. The Labute approximate surface area is 112 Å². The van der Waals surface area contributed by atoms with Gasteiger partial charge >= 0.3 is 6.09 Å². The molecule has 5 heteroatoms. The van der Waals surface area contributed by atoms with E-state index in [1.165, 1.54) is 0 Å². The second-order valence-electron chi connectivity index (χ2n) is 4.56. The molecule has 0 fully saturated rings. The highest BCUT2D eigenvalue weighted by Gasteiger charge is 2.11. The number of nitrogens with zero attached hydrogens (tertiary/aromatic N) is 2. The van der Waals surface area contributed by atoms with Crippen molar-refractivity contribution in [1.82, 2.24) is 9.78 Å². The van der Waals surface area contributed by atoms with Gasteiger partial charge < -0.3 is 4.74 Å². The predicted octanol–water partition coefficient (Wildman–Crippen LogP) is 3.15. The van der Waals surface area contributed by atoms with Crippen molar-refractivity contribution in [2.75, 3.05) is 5.32 Å². The molecule has 0 spiro atoms. The van der Waals surface area contributed by atoms with Crippen molar-refractivity contribution < 1.29 is 9.53 Å². The number of anilines is 1. The van der Waals surface area contributed by atoms with Crippen LogP contribution in [0.5, 0.6) is 5.75 Å². The molecule has 0 radical (unpaired) electrons. The van der Waals surface area contributed by atoms with E-state index in [1.807, 2.05) is 19.2 Å². The molecule has 1 aromatic carbocycles. The van der Waals surface area contributed by atoms with Gasteiger partial charge in [0.1, 0.15) is 5.75 Å². The molecule has 1 heterocycles.